The SMILES string of the molecule is CCCCC(=O)c1ccc2c(c1)OCCOCCOc1ccc(/C(CCCC)=N/Nc3ccc([N+](=O)[O-])cc3[N+](=O)[O-])cc1OCCOCCO2. The average Bonchev–Trinajstić information content (AvgIpc) is 3.13. The van der Waals surface area contributed by atoms with Crippen LogP contribution < -0.4 is 24.4 Å². The standard InChI is InChI=1S/C36H44N4O11/c1-3-5-7-29(37-38-30-12-11-28(39(42)43)25-31(30)40(44)45)26-9-13-33-35(23-26)50-21-17-46-16-20-49-34-14-10-27(32(41)8-6-4-2)24-36(34)51-22-18-47-15-19-48-33/h9-14,23-25,38H,3-8,15-22H2,1-2H3/b37-29+. The number of Topliss-reactive ketones (excluding diaryl/α,β-unsaturated/α-hetero) is 1. The molecule has 0 aromatic heterocycles. The van der Waals surface area contributed by atoms with Crippen LogP contribution in [0.5, 0.6) is 23.0 Å². The molecule has 0 spiro atoms. The first-order valence-electron chi connectivity index (χ1n) is 17.0. The number of nitrogens with zero attached hydrogens (tertiary/aromatic N) is 3. The third-order valence-electron chi connectivity index (χ3n) is 7.71. The van der Waals surface area contributed by atoms with Gasteiger partial charge in [0.1, 0.15) is 32.1 Å². The number of non-ortho nitro benzene ring substituents is 1. The molecule has 0 saturated carbocycles. The Morgan fingerprint density at radius 3 is 1.75 bits per heavy atom. The van der Waals surface area contributed by atoms with E-state index in [1.165, 1.54) is 12.1 Å². The van der Waals surface area contributed by atoms with Gasteiger partial charge in [-0.05, 0) is 61.7 Å². The predicted octanol–water partition coefficient (Wildman–Crippen LogP) is 7.14. The molecule has 0 aliphatic carbocycles. The molecule has 0 saturated heterocycles. The number of hydrogen-bond donors (Lipinski definition) is 1. The number of hydrogen-bond acceptors (Lipinski definition) is 13. The van der Waals surface area contributed by atoms with Gasteiger partial charge in [-0.3, -0.25) is 30.4 Å². The summed E-state index contributed by atoms with van der Waals surface area (Å²) in [6.07, 6.45) is 4.44. The maximum atomic E-state index is 12.6. The van der Waals surface area contributed by atoms with Gasteiger partial charge in [-0.1, -0.05) is 26.7 Å². The number of nitrogens with one attached hydrogen (secondary N) is 1. The zero-order chi connectivity index (χ0) is 36.4. The van der Waals surface area contributed by atoms with E-state index in [1.54, 1.807) is 30.3 Å². The van der Waals surface area contributed by atoms with Gasteiger partial charge in [0.15, 0.2) is 28.8 Å². The quantitative estimate of drug-likeness (QED) is 0.0869. The van der Waals surface area contributed by atoms with Crippen molar-refractivity contribution in [1.29, 1.82) is 0 Å². The van der Waals surface area contributed by atoms with E-state index in [0.717, 1.165) is 31.7 Å². The summed E-state index contributed by atoms with van der Waals surface area (Å²) in [4.78, 5) is 34.0. The molecule has 274 valence electrons. The highest BCUT2D eigenvalue weighted by Crippen LogP contribution is 2.32. The molecule has 15 heteroatoms. The van der Waals surface area contributed by atoms with Crippen LogP contribution in [0.3, 0.4) is 0 Å². The second-order valence-electron chi connectivity index (χ2n) is 11.5. The monoisotopic (exact) mass is 708 g/mol. The summed E-state index contributed by atoms with van der Waals surface area (Å²) in [5, 5.41) is 27.3. The molecule has 1 N–H and O–H groups in total. The highest BCUT2D eigenvalue weighted by Gasteiger charge is 2.20. The average molecular weight is 709 g/mol. The van der Waals surface area contributed by atoms with Gasteiger partial charge in [-0.15, -0.1) is 0 Å². The Hall–Kier alpha value is -5.28. The molecule has 15 nitrogen and oxygen atoms in total. The van der Waals surface area contributed by atoms with Crippen LogP contribution in [0.25, 0.3) is 0 Å². The molecule has 1 heterocycles. The Bertz CT molecular complexity index is 1660. The van der Waals surface area contributed by atoms with Crippen molar-refractivity contribution in [2.24, 2.45) is 5.10 Å². The minimum absolute atomic E-state index is 0.0213. The van der Waals surface area contributed by atoms with Gasteiger partial charge in [0.25, 0.3) is 5.69 Å². The molecule has 0 bridgehead atoms. The van der Waals surface area contributed by atoms with Crippen LogP contribution in [-0.4, -0.2) is 74.2 Å². The third kappa shape index (κ3) is 11.9. The minimum Gasteiger partial charge on any atom is -0.487 e. The lowest BCUT2D eigenvalue weighted by molar-refractivity contribution is -0.393. The maximum Gasteiger partial charge on any atom is 0.301 e. The first-order chi connectivity index (χ1) is 24.8. The molecule has 0 radical (unpaired) electrons. The number of ketones is 1. The Labute approximate surface area is 296 Å². The van der Waals surface area contributed by atoms with Crippen LogP contribution in [0.4, 0.5) is 17.1 Å². The van der Waals surface area contributed by atoms with Crippen LogP contribution >= 0.6 is 0 Å². The second kappa shape index (κ2) is 20.4. The van der Waals surface area contributed by atoms with E-state index in [-0.39, 0.29) is 64.3 Å². The molecule has 0 amide bonds. The van der Waals surface area contributed by atoms with E-state index in [1.807, 2.05) is 19.9 Å². The normalized spacial score (nSPS) is 14.5. The van der Waals surface area contributed by atoms with Crippen LogP contribution in [0, 0.1) is 20.2 Å². The summed E-state index contributed by atoms with van der Waals surface area (Å²) < 4.78 is 35.4. The van der Waals surface area contributed by atoms with Gasteiger partial charge in [-0.25, -0.2) is 0 Å². The van der Waals surface area contributed by atoms with E-state index in [2.05, 4.69) is 10.5 Å². The fourth-order valence-electron chi connectivity index (χ4n) is 4.98. The lowest BCUT2D eigenvalue weighted by Crippen LogP contribution is -2.16. The third-order valence-corrected chi connectivity index (χ3v) is 7.71. The van der Waals surface area contributed by atoms with Gasteiger partial charge >= 0.3 is 5.69 Å². The number of nitro benzene ring substituents is 2. The van der Waals surface area contributed by atoms with Crippen LogP contribution in [0.15, 0.2) is 59.7 Å². The summed E-state index contributed by atoms with van der Waals surface area (Å²) in [5.74, 6) is 1.95. The summed E-state index contributed by atoms with van der Waals surface area (Å²) >= 11 is 0. The number of fused-ring (bicyclic) bond motifs is 2. The van der Waals surface area contributed by atoms with Gasteiger partial charge in [0, 0.05) is 23.6 Å². The summed E-state index contributed by atoms with van der Waals surface area (Å²) in [5.41, 5.74) is 3.77. The topological polar surface area (TPSA) is 183 Å². The van der Waals surface area contributed by atoms with Gasteiger partial charge in [-0.2, -0.15) is 5.10 Å². The maximum absolute atomic E-state index is 12.6. The number of carbonyl (C=O) groups excluding carboxylic acids is 1. The largest absolute Gasteiger partial charge is 0.487 e. The molecule has 51 heavy (non-hydrogen) atoms. The smallest absolute Gasteiger partial charge is 0.301 e. The number of nitro groups is 2. The fraction of sp³-hybridized carbons (Fsp3) is 0.444. The summed E-state index contributed by atoms with van der Waals surface area (Å²) in [7, 11) is 0. The Morgan fingerprint density at radius 1 is 0.667 bits per heavy atom. The fourth-order valence-corrected chi connectivity index (χ4v) is 4.98. The highest BCUT2D eigenvalue weighted by atomic mass is 16.6. The number of carbonyl (C=O) groups is 1. The molecule has 0 fully saturated rings. The van der Waals surface area contributed by atoms with Gasteiger partial charge in [0.05, 0.1) is 48.1 Å². The van der Waals surface area contributed by atoms with Crippen molar-refractivity contribution in [3.05, 3.63) is 86.0 Å². The van der Waals surface area contributed by atoms with Crippen LogP contribution in [-0.2, 0) is 9.47 Å². The highest BCUT2D eigenvalue weighted by molar-refractivity contribution is 6.01. The number of anilines is 1. The van der Waals surface area contributed by atoms with E-state index in [9.17, 15) is 25.0 Å². The van der Waals surface area contributed by atoms with Crippen molar-refractivity contribution < 1.29 is 43.1 Å². The van der Waals surface area contributed by atoms with Gasteiger partial charge in [0.2, 0.25) is 0 Å². The minimum atomic E-state index is -0.696. The molecule has 0 atom stereocenters. The van der Waals surface area contributed by atoms with Crippen molar-refractivity contribution in [2.45, 2.75) is 52.4 Å². The van der Waals surface area contributed by atoms with Crippen LogP contribution in [0.2, 0.25) is 0 Å². The van der Waals surface area contributed by atoms with E-state index < -0.39 is 21.2 Å². The van der Waals surface area contributed by atoms with E-state index >= 15 is 0 Å². The first-order valence-corrected chi connectivity index (χ1v) is 17.0. The van der Waals surface area contributed by atoms with Crippen molar-refractivity contribution >= 4 is 28.6 Å². The molecular weight excluding hydrogens is 664 g/mol. The molecule has 4 rings (SSSR count). The number of benzene rings is 3. The lowest BCUT2D eigenvalue weighted by atomic mass is 10.0. The molecule has 1 aliphatic rings. The molecule has 3 aromatic carbocycles. The zero-order valence-corrected chi connectivity index (χ0v) is 28.9. The van der Waals surface area contributed by atoms with Crippen molar-refractivity contribution in [3.63, 3.8) is 0 Å². The van der Waals surface area contributed by atoms with Crippen LogP contribution in [0.1, 0.15) is 68.3 Å². The Balaban J connectivity index is 1.46. The summed E-state index contributed by atoms with van der Waals surface area (Å²) in [6, 6.07) is 13.9. The second-order valence-corrected chi connectivity index (χ2v) is 11.5. The van der Waals surface area contributed by atoms with Gasteiger partial charge < -0.3 is 28.4 Å². The molecule has 0 unspecified atom stereocenters. The lowest BCUT2D eigenvalue weighted by Gasteiger charge is -2.17. The molecule has 1 aliphatic heterocycles. The van der Waals surface area contributed by atoms with E-state index in [4.69, 9.17) is 28.4 Å². The number of unbranched alkanes of at least 4 members (excludes halogenated alkanes) is 2. The Morgan fingerprint density at radius 2 is 1.20 bits per heavy atom. The van der Waals surface area contributed by atoms with E-state index in [0.29, 0.717) is 52.7 Å². The first kappa shape index (κ1) is 38.5. The van der Waals surface area contributed by atoms with Crippen molar-refractivity contribution in [3.8, 4) is 23.0 Å². The Kier molecular flexibility index (Phi) is 15.4. The summed E-state index contributed by atoms with van der Waals surface area (Å²) in [6.45, 7) is 6.07. The number of rotatable bonds is 12. The predicted molar refractivity (Wildman–Crippen MR) is 190 cm³/mol. The number of ether oxygens (including phenoxy) is 6. The zero-order valence-electron chi connectivity index (χ0n) is 28.9. The van der Waals surface area contributed by atoms with Crippen molar-refractivity contribution in [1.82, 2.24) is 0 Å². The molecule has 3 aromatic rings. The number of hydrazone groups is 1. The molecular formula is C36H44N4O11. The van der Waals surface area contributed by atoms with Crippen molar-refractivity contribution in [2.75, 3.05) is 58.3 Å².